The van der Waals surface area contributed by atoms with E-state index in [9.17, 15) is 0 Å². The Morgan fingerprint density at radius 2 is 1.90 bits per heavy atom. The van der Waals surface area contributed by atoms with Gasteiger partial charge in [0.15, 0.2) is 0 Å². The molecule has 0 aliphatic rings. The number of rotatable bonds is 7. The average molecular weight is 296 g/mol. The molecule has 0 saturated heterocycles. The lowest BCUT2D eigenvalue weighted by Crippen LogP contribution is -2.25. The lowest BCUT2D eigenvalue weighted by Gasteiger charge is -2.27. The zero-order valence-corrected chi connectivity index (χ0v) is 15.3. The van der Waals surface area contributed by atoms with Gasteiger partial charge in [-0.05, 0) is 62.6 Å². The van der Waals surface area contributed by atoms with Gasteiger partial charge >= 0.3 is 0 Å². The van der Waals surface area contributed by atoms with Gasteiger partial charge in [0.2, 0.25) is 0 Å². The maximum atomic E-state index is 3.76. The minimum Gasteiger partial charge on any atom is -0.310 e. The number of hydrogen-bond donors (Lipinski definition) is 1. The Morgan fingerprint density at radius 1 is 1.25 bits per heavy atom. The molecular weight excluding hydrogens is 262 g/mol. The lowest BCUT2D eigenvalue weighted by atomic mass is 9.82. The summed E-state index contributed by atoms with van der Waals surface area (Å²) in [5.41, 5.74) is 1.95. The summed E-state index contributed by atoms with van der Waals surface area (Å²) in [7, 11) is 0. The van der Waals surface area contributed by atoms with Crippen LogP contribution < -0.4 is 5.32 Å². The van der Waals surface area contributed by atoms with Crippen molar-refractivity contribution in [1.82, 2.24) is 5.32 Å². The summed E-state index contributed by atoms with van der Waals surface area (Å²) in [5.74, 6) is 0.754. The lowest BCUT2D eigenvalue weighted by molar-refractivity contribution is 0.275. The van der Waals surface area contributed by atoms with E-state index >= 15 is 0 Å². The normalized spacial score (nSPS) is 15.3. The van der Waals surface area contributed by atoms with Crippen LogP contribution in [0.4, 0.5) is 0 Å². The second-order valence-corrected chi connectivity index (χ2v) is 8.94. The molecule has 2 atom stereocenters. The van der Waals surface area contributed by atoms with Crippen molar-refractivity contribution >= 4 is 11.3 Å². The van der Waals surface area contributed by atoms with Crippen LogP contribution in [0.1, 0.15) is 75.2 Å². The Bertz CT molecular complexity index is 400. The van der Waals surface area contributed by atoms with Gasteiger partial charge < -0.3 is 5.32 Å². The molecular formula is C18H33NS. The van der Waals surface area contributed by atoms with Crippen LogP contribution in [0.25, 0.3) is 0 Å². The highest BCUT2D eigenvalue weighted by Gasteiger charge is 2.21. The second-order valence-electron chi connectivity index (χ2n) is 7.48. The highest BCUT2D eigenvalue weighted by Crippen LogP contribution is 2.34. The SMILES string of the molecule is CCCNC(CC(C)CC(C)(C)C)c1cc(C)sc1C. The number of hydrogen-bond acceptors (Lipinski definition) is 2. The Hall–Kier alpha value is -0.340. The summed E-state index contributed by atoms with van der Waals surface area (Å²) in [6.07, 6.45) is 3.74. The van der Waals surface area contributed by atoms with E-state index in [4.69, 9.17) is 0 Å². The number of thiophene rings is 1. The van der Waals surface area contributed by atoms with Gasteiger partial charge in [0.25, 0.3) is 0 Å². The molecule has 0 spiro atoms. The molecule has 20 heavy (non-hydrogen) atoms. The van der Waals surface area contributed by atoms with Crippen molar-refractivity contribution in [1.29, 1.82) is 0 Å². The first-order valence-corrected chi connectivity index (χ1v) is 8.85. The third kappa shape index (κ3) is 5.97. The fourth-order valence-corrected chi connectivity index (χ4v) is 4.15. The van der Waals surface area contributed by atoms with E-state index in [1.54, 1.807) is 0 Å². The number of aryl methyl sites for hydroxylation is 2. The number of nitrogens with one attached hydrogen (secondary N) is 1. The van der Waals surface area contributed by atoms with Crippen LogP contribution in [0.15, 0.2) is 6.07 Å². The second kappa shape index (κ2) is 7.61. The van der Waals surface area contributed by atoms with Gasteiger partial charge in [0.1, 0.15) is 0 Å². The third-order valence-electron chi connectivity index (χ3n) is 3.69. The Morgan fingerprint density at radius 3 is 2.35 bits per heavy atom. The van der Waals surface area contributed by atoms with Crippen molar-refractivity contribution < 1.29 is 0 Å². The molecule has 0 saturated carbocycles. The fourth-order valence-electron chi connectivity index (χ4n) is 3.17. The first-order chi connectivity index (χ1) is 9.23. The summed E-state index contributed by atoms with van der Waals surface area (Å²) in [6, 6.07) is 2.91. The van der Waals surface area contributed by atoms with E-state index in [2.05, 4.69) is 59.8 Å². The van der Waals surface area contributed by atoms with Gasteiger partial charge in [-0.25, -0.2) is 0 Å². The molecule has 0 aliphatic carbocycles. The van der Waals surface area contributed by atoms with Crippen molar-refractivity contribution in [3.63, 3.8) is 0 Å². The predicted octanol–water partition coefficient (Wildman–Crippen LogP) is 5.87. The van der Waals surface area contributed by atoms with E-state index in [0.29, 0.717) is 11.5 Å². The molecule has 1 aromatic heterocycles. The smallest absolute Gasteiger partial charge is 0.0333 e. The molecule has 116 valence electrons. The monoisotopic (exact) mass is 295 g/mol. The fraction of sp³-hybridized carbons (Fsp3) is 0.778. The van der Waals surface area contributed by atoms with E-state index < -0.39 is 0 Å². The van der Waals surface area contributed by atoms with Gasteiger partial charge in [-0.2, -0.15) is 0 Å². The summed E-state index contributed by atoms with van der Waals surface area (Å²) < 4.78 is 0. The highest BCUT2D eigenvalue weighted by molar-refractivity contribution is 7.12. The van der Waals surface area contributed by atoms with Crippen LogP contribution in [0.5, 0.6) is 0 Å². The molecule has 0 bridgehead atoms. The topological polar surface area (TPSA) is 12.0 Å². The minimum atomic E-state index is 0.425. The zero-order valence-electron chi connectivity index (χ0n) is 14.5. The Labute approximate surface area is 130 Å². The van der Waals surface area contributed by atoms with Gasteiger partial charge in [-0.1, -0.05) is 34.6 Å². The van der Waals surface area contributed by atoms with Crippen LogP contribution in [0.2, 0.25) is 0 Å². The molecule has 2 heteroatoms. The first kappa shape index (κ1) is 17.7. The maximum absolute atomic E-state index is 3.76. The largest absolute Gasteiger partial charge is 0.310 e. The van der Waals surface area contributed by atoms with Gasteiger partial charge in [-0.3, -0.25) is 0 Å². The standard InChI is InChI=1S/C18H33NS/c1-8-9-19-17(10-13(2)12-18(5,6)7)16-11-14(3)20-15(16)4/h11,13,17,19H,8-10,12H2,1-7H3. The molecule has 1 nitrogen and oxygen atoms in total. The summed E-state index contributed by atoms with van der Waals surface area (Å²) in [4.78, 5) is 2.92. The van der Waals surface area contributed by atoms with Gasteiger partial charge in [0.05, 0.1) is 0 Å². The van der Waals surface area contributed by atoms with Crippen LogP contribution >= 0.6 is 11.3 Å². The summed E-state index contributed by atoms with van der Waals surface area (Å²) >= 11 is 1.93. The Kier molecular flexibility index (Phi) is 6.74. The van der Waals surface area contributed by atoms with E-state index in [0.717, 1.165) is 12.5 Å². The summed E-state index contributed by atoms with van der Waals surface area (Å²) in [6.45, 7) is 17.3. The van der Waals surface area contributed by atoms with E-state index in [-0.39, 0.29) is 0 Å². The van der Waals surface area contributed by atoms with Gasteiger partial charge in [-0.15, -0.1) is 11.3 Å². The third-order valence-corrected chi connectivity index (χ3v) is 4.68. The van der Waals surface area contributed by atoms with Crippen LogP contribution in [0.3, 0.4) is 0 Å². The average Bonchev–Trinajstić information content (AvgIpc) is 2.61. The molecule has 1 N–H and O–H groups in total. The first-order valence-electron chi connectivity index (χ1n) is 8.03. The molecule has 1 aromatic rings. The van der Waals surface area contributed by atoms with Crippen molar-refractivity contribution in [3.8, 4) is 0 Å². The predicted molar refractivity (Wildman–Crippen MR) is 92.7 cm³/mol. The zero-order chi connectivity index (χ0) is 15.3. The Balaban J connectivity index is 2.77. The van der Waals surface area contributed by atoms with Crippen LogP contribution in [-0.4, -0.2) is 6.54 Å². The maximum Gasteiger partial charge on any atom is 0.0333 e. The quantitative estimate of drug-likeness (QED) is 0.663. The van der Waals surface area contributed by atoms with Crippen molar-refractivity contribution in [3.05, 3.63) is 21.4 Å². The molecule has 0 amide bonds. The van der Waals surface area contributed by atoms with Gasteiger partial charge in [0, 0.05) is 15.8 Å². The van der Waals surface area contributed by atoms with E-state index in [1.807, 2.05) is 11.3 Å². The molecule has 0 aliphatic heterocycles. The van der Waals surface area contributed by atoms with Crippen molar-refractivity contribution in [2.45, 2.75) is 73.8 Å². The molecule has 0 fully saturated rings. The van der Waals surface area contributed by atoms with Crippen LogP contribution in [-0.2, 0) is 0 Å². The van der Waals surface area contributed by atoms with Crippen LogP contribution in [0, 0.1) is 25.2 Å². The van der Waals surface area contributed by atoms with E-state index in [1.165, 1.54) is 34.6 Å². The molecule has 2 unspecified atom stereocenters. The van der Waals surface area contributed by atoms with Crippen molar-refractivity contribution in [2.75, 3.05) is 6.54 Å². The molecule has 1 rings (SSSR count). The molecule has 0 radical (unpaired) electrons. The minimum absolute atomic E-state index is 0.425. The summed E-state index contributed by atoms with van der Waals surface area (Å²) in [5, 5.41) is 3.76. The molecule has 1 heterocycles. The van der Waals surface area contributed by atoms with Crippen molar-refractivity contribution in [2.24, 2.45) is 11.3 Å². The highest BCUT2D eigenvalue weighted by atomic mass is 32.1. The molecule has 0 aromatic carbocycles.